The fourth-order valence-corrected chi connectivity index (χ4v) is 6.49. The zero-order chi connectivity index (χ0) is 35.8. The predicted octanol–water partition coefficient (Wildman–Crippen LogP) is 6.61. The summed E-state index contributed by atoms with van der Waals surface area (Å²) in [5, 5.41) is 0. The van der Waals surface area contributed by atoms with Crippen LogP contribution < -0.4 is 9.47 Å². The van der Waals surface area contributed by atoms with Crippen molar-refractivity contribution in [1.29, 1.82) is 0 Å². The molecule has 0 aliphatic rings. The van der Waals surface area contributed by atoms with Crippen molar-refractivity contribution in [3.63, 3.8) is 0 Å². The van der Waals surface area contributed by atoms with E-state index in [1.54, 1.807) is 35.5 Å². The van der Waals surface area contributed by atoms with Crippen LogP contribution in [0.1, 0.15) is 16.7 Å². The van der Waals surface area contributed by atoms with Crippen LogP contribution in [0.3, 0.4) is 0 Å². The molecule has 49 heavy (non-hydrogen) atoms. The normalized spacial score (nSPS) is 13.1. The van der Waals surface area contributed by atoms with E-state index in [2.05, 4.69) is 64.6 Å². The Kier molecular flexibility index (Phi) is 17.3. The SMILES string of the molecule is COc1ccc(C(OCC[N+](C)(C)CCOP(OC)OCC[N+](C)(C)CCOP(OC)OC)(c2ccccc2)c2ccc(OC)cc2)cc1. The molecule has 3 aromatic rings. The van der Waals surface area contributed by atoms with Crippen molar-refractivity contribution in [3.8, 4) is 11.5 Å². The molecule has 0 saturated carbocycles. The average molecular weight is 723 g/mol. The molecule has 0 saturated heterocycles. The molecule has 0 spiro atoms. The molecule has 0 bridgehead atoms. The number of hydrogen-bond donors (Lipinski definition) is 0. The van der Waals surface area contributed by atoms with Crippen LogP contribution in [0.25, 0.3) is 0 Å². The summed E-state index contributed by atoms with van der Waals surface area (Å²) in [4.78, 5) is 0. The molecule has 0 heterocycles. The van der Waals surface area contributed by atoms with Gasteiger partial charge >= 0.3 is 17.2 Å². The Morgan fingerprint density at radius 3 is 1.22 bits per heavy atom. The van der Waals surface area contributed by atoms with Gasteiger partial charge in [-0.1, -0.05) is 54.6 Å². The van der Waals surface area contributed by atoms with Crippen LogP contribution in [0.4, 0.5) is 0 Å². The zero-order valence-electron chi connectivity index (χ0n) is 30.6. The zero-order valence-corrected chi connectivity index (χ0v) is 32.4. The maximum absolute atomic E-state index is 7.05. The van der Waals surface area contributed by atoms with Crippen molar-refractivity contribution < 1.29 is 50.3 Å². The number of rotatable bonds is 24. The van der Waals surface area contributed by atoms with E-state index in [1.165, 1.54) is 0 Å². The number of quaternary nitrogens is 2. The summed E-state index contributed by atoms with van der Waals surface area (Å²) in [6.07, 6.45) is 0. The number of hydrogen-bond acceptors (Lipinski definition) is 9. The van der Waals surface area contributed by atoms with Crippen LogP contribution in [0.2, 0.25) is 0 Å². The lowest BCUT2D eigenvalue weighted by Crippen LogP contribution is -2.46. The summed E-state index contributed by atoms with van der Waals surface area (Å²) in [7, 11) is 14.0. The summed E-state index contributed by atoms with van der Waals surface area (Å²) < 4.78 is 52.9. The maximum atomic E-state index is 7.05. The Morgan fingerprint density at radius 1 is 0.469 bits per heavy atom. The van der Waals surface area contributed by atoms with Crippen LogP contribution in [0.15, 0.2) is 78.9 Å². The van der Waals surface area contributed by atoms with Gasteiger partial charge in [0, 0.05) is 21.3 Å². The first-order chi connectivity index (χ1) is 23.5. The minimum Gasteiger partial charge on any atom is -0.497 e. The standard InChI is InChI=1S/C36H56N2O9P2/c1-37(2,25-29-46-49(43-9)47-30-26-38(3,4)24-28-45-48(41-7)42-8)23-27-44-36(31-13-11-10-12-14-31,32-15-19-34(39-5)20-16-32)33-17-21-35(40-6)22-18-33/h10-22H,23-30H2,1-9H3/q+2. The highest BCUT2D eigenvalue weighted by atomic mass is 31.2. The molecule has 272 valence electrons. The second-order valence-corrected chi connectivity index (χ2v) is 15.4. The highest BCUT2D eigenvalue weighted by Crippen LogP contribution is 2.42. The third-order valence-electron chi connectivity index (χ3n) is 8.32. The fourth-order valence-electron chi connectivity index (χ4n) is 5.15. The minimum absolute atomic E-state index is 0.483. The second kappa shape index (κ2) is 20.6. The van der Waals surface area contributed by atoms with E-state index in [-0.39, 0.29) is 0 Å². The van der Waals surface area contributed by atoms with E-state index in [9.17, 15) is 0 Å². The van der Waals surface area contributed by atoms with Gasteiger partial charge in [-0.25, -0.2) is 0 Å². The van der Waals surface area contributed by atoms with E-state index >= 15 is 0 Å². The fraction of sp³-hybridized carbons (Fsp3) is 0.500. The van der Waals surface area contributed by atoms with Crippen LogP contribution in [-0.4, -0.2) is 125 Å². The van der Waals surface area contributed by atoms with Crippen LogP contribution in [0.5, 0.6) is 11.5 Å². The van der Waals surface area contributed by atoms with Gasteiger partial charge in [0.1, 0.15) is 63.1 Å². The predicted molar refractivity (Wildman–Crippen MR) is 195 cm³/mol. The maximum Gasteiger partial charge on any atom is 0.332 e. The quantitative estimate of drug-likeness (QED) is 0.0577. The molecule has 0 aliphatic heterocycles. The van der Waals surface area contributed by atoms with Gasteiger partial charge in [0.15, 0.2) is 0 Å². The Morgan fingerprint density at radius 2 is 0.837 bits per heavy atom. The average Bonchev–Trinajstić information content (AvgIpc) is 3.11. The van der Waals surface area contributed by atoms with Crippen LogP contribution >= 0.6 is 17.2 Å². The van der Waals surface area contributed by atoms with Crippen molar-refractivity contribution in [2.24, 2.45) is 0 Å². The third kappa shape index (κ3) is 12.8. The topological polar surface area (TPSA) is 83.1 Å². The molecule has 0 radical (unpaired) electrons. The van der Waals surface area contributed by atoms with E-state index in [4.69, 9.17) is 41.4 Å². The van der Waals surface area contributed by atoms with Crippen molar-refractivity contribution in [2.75, 3.05) is 116 Å². The number of benzene rings is 3. The van der Waals surface area contributed by atoms with Gasteiger partial charge in [0.05, 0.1) is 49.0 Å². The summed E-state index contributed by atoms with van der Waals surface area (Å²) in [5.41, 5.74) is 2.19. The largest absolute Gasteiger partial charge is 0.497 e. The molecule has 0 N–H and O–H groups in total. The Labute approximate surface area is 296 Å². The Bertz CT molecular complexity index is 1280. The molecule has 3 rings (SSSR count). The molecule has 0 aliphatic carbocycles. The summed E-state index contributed by atoms with van der Waals surface area (Å²) >= 11 is 0. The van der Waals surface area contributed by atoms with Gasteiger partial charge in [0.25, 0.3) is 0 Å². The number of ether oxygens (including phenoxy) is 3. The van der Waals surface area contributed by atoms with E-state index in [1.807, 2.05) is 42.5 Å². The monoisotopic (exact) mass is 722 g/mol. The number of nitrogens with zero attached hydrogens (tertiary/aromatic N) is 2. The molecule has 3 aromatic carbocycles. The number of methoxy groups -OCH3 is 2. The molecule has 1 atom stereocenters. The first-order valence-corrected chi connectivity index (χ1v) is 18.5. The van der Waals surface area contributed by atoms with E-state index < -0.39 is 22.8 Å². The van der Waals surface area contributed by atoms with Crippen molar-refractivity contribution in [2.45, 2.75) is 5.60 Å². The van der Waals surface area contributed by atoms with Crippen molar-refractivity contribution in [1.82, 2.24) is 0 Å². The smallest absolute Gasteiger partial charge is 0.332 e. The lowest BCUT2D eigenvalue weighted by atomic mass is 9.80. The summed E-state index contributed by atoms with van der Waals surface area (Å²) in [5.74, 6) is 1.57. The highest BCUT2D eigenvalue weighted by Gasteiger charge is 2.38. The molecular weight excluding hydrogens is 666 g/mol. The van der Waals surface area contributed by atoms with Gasteiger partial charge in [-0.3, -0.25) is 0 Å². The Balaban J connectivity index is 1.62. The van der Waals surface area contributed by atoms with E-state index in [0.29, 0.717) is 35.4 Å². The molecule has 11 nitrogen and oxygen atoms in total. The van der Waals surface area contributed by atoms with Gasteiger partial charge in [-0.2, -0.15) is 0 Å². The van der Waals surface area contributed by atoms with Crippen molar-refractivity contribution >= 4 is 17.2 Å². The van der Waals surface area contributed by atoms with Crippen molar-refractivity contribution in [3.05, 3.63) is 95.6 Å². The molecule has 0 aromatic heterocycles. The van der Waals surface area contributed by atoms with Crippen LogP contribution in [0, 0.1) is 0 Å². The molecule has 0 amide bonds. The second-order valence-electron chi connectivity index (χ2n) is 12.6. The first kappa shape index (κ1) is 41.2. The van der Waals surface area contributed by atoms with E-state index in [0.717, 1.165) is 54.4 Å². The lowest BCUT2D eigenvalue weighted by molar-refractivity contribution is -0.891. The van der Waals surface area contributed by atoms with Gasteiger partial charge in [0.2, 0.25) is 0 Å². The molecule has 13 heteroatoms. The lowest BCUT2D eigenvalue weighted by Gasteiger charge is -2.37. The molecular formula is C36H56N2O9P2+2. The first-order valence-electron chi connectivity index (χ1n) is 16.3. The minimum atomic E-state index is -1.46. The Hall–Kier alpha value is -2.24. The van der Waals surface area contributed by atoms with Crippen LogP contribution in [-0.2, 0) is 37.5 Å². The molecule has 0 fully saturated rings. The molecule has 1 unspecified atom stereocenters. The summed E-state index contributed by atoms with van der Waals surface area (Å²) in [6.45, 7) is 5.06. The van der Waals surface area contributed by atoms with Gasteiger partial charge < -0.3 is 50.3 Å². The summed E-state index contributed by atoms with van der Waals surface area (Å²) in [6, 6.07) is 26.5. The third-order valence-corrected chi connectivity index (χ3v) is 10.4. The number of likely N-dealkylation sites (N-methyl/N-ethyl adjacent to an activating group) is 2. The highest BCUT2D eigenvalue weighted by molar-refractivity contribution is 7.41. The van der Waals surface area contributed by atoms with Gasteiger partial charge in [-0.15, -0.1) is 0 Å². The van der Waals surface area contributed by atoms with Gasteiger partial charge in [-0.05, 0) is 41.0 Å².